The Labute approximate surface area is 274 Å². The van der Waals surface area contributed by atoms with Crippen LogP contribution in [0.15, 0.2) is 35.1 Å². The maximum Gasteiger partial charge on any atom is 0.407 e. The molecular weight excluding hydrogens is 636 g/mol. The van der Waals surface area contributed by atoms with Gasteiger partial charge in [0.2, 0.25) is 11.8 Å². The summed E-state index contributed by atoms with van der Waals surface area (Å²) in [5.41, 5.74) is -0.346. The molecule has 1 aliphatic carbocycles. The Kier molecular flexibility index (Phi) is 8.94. The van der Waals surface area contributed by atoms with Gasteiger partial charge in [-0.1, -0.05) is 5.16 Å². The van der Waals surface area contributed by atoms with Gasteiger partial charge in [0, 0.05) is 63.5 Å². The first-order chi connectivity index (χ1) is 22.7. The first kappa shape index (κ1) is 33.4. The molecule has 2 amide bonds. The van der Waals surface area contributed by atoms with Crippen LogP contribution in [0.5, 0.6) is 0 Å². The molecule has 258 valence electrons. The quantitative estimate of drug-likeness (QED) is 0.325. The third-order valence-electron chi connectivity index (χ3n) is 8.66. The van der Waals surface area contributed by atoms with Crippen LogP contribution >= 0.6 is 0 Å². The van der Waals surface area contributed by atoms with E-state index in [1.165, 1.54) is 12.4 Å². The lowest BCUT2D eigenvalue weighted by Gasteiger charge is -2.38. The highest BCUT2D eigenvalue weighted by Crippen LogP contribution is 2.35. The minimum Gasteiger partial charge on any atom is -0.444 e. The number of hydrogen-bond donors (Lipinski definition) is 1. The summed E-state index contributed by atoms with van der Waals surface area (Å²) in [7, 11) is 0. The predicted molar refractivity (Wildman–Crippen MR) is 165 cm³/mol. The van der Waals surface area contributed by atoms with E-state index in [0.29, 0.717) is 38.4 Å². The Hall–Kier alpha value is -4.50. The molecule has 0 bridgehead atoms. The second kappa shape index (κ2) is 12.8. The van der Waals surface area contributed by atoms with Gasteiger partial charge in [0.1, 0.15) is 17.2 Å². The zero-order chi connectivity index (χ0) is 34.4. The Bertz CT molecular complexity index is 1630. The summed E-state index contributed by atoms with van der Waals surface area (Å²) in [6.07, 6.45) is 5.13. The van der Waals surface area contributed by atoms with Crippen LogP contribution in [0.25, 0.3) is 0 Å². The molecule has 1 saturated carbocycles. The highest BCUT2D eigenvalue weighted by Gasteiger charge is 2.41. The molecular formula is C32H38F4N8O4. The van der Waals surface area contributed by atoms with Crippen molar-refractivity contribution >= 4 is 24.0 Å². The molecule has 4 heterocycles. The molecule has 3 aromatic rings. The van der Waals surface area contributed by atoms with Crippen molar-refractivity contribution < 1.29 is 36.4 Å². The molecule has 1 N–H and O–H groups in total. The molecule has 2 unspecified atom stereocenters. The van der Waals surface area contributed by atoms with Gasteiger partial charge in [0.25, 0.3) is 5.91 Å². The monoisotopic (exact) mass is 674 g/mol. The van der Waals surface area contributed by atoms with E-state index in [-0.39, 0.29) is 48.6 Å². The SMILES string of the molecule is CC(C)(C)OC(=O)NC1CN(c2ncc(C(=O)N(C3CC3)C3CCN(c4nc(C(C)(F)F)no4)CC3)cn2)CC1c1cc(F)ccc1F. The molecule has 3 fully saturated rings. The Morgan fingerprint density at radius 3 is 2.25 bits per heavy atom. The van der Waals surface area contributed by atoms with Crippen LogP contribution < -0.4 is 15.1 Å². The van der Waals surface area contributed by atoms with E-state index >= 15 is 0 Å². The summed E-state index contributed by atoms with van der Waals surface area (Å²) in [5, 5.41) is 6.19. The molecule has 12 nitrogen and oxygen atoms in total. The lowest BCUT2D eigenvalue weighted by Crippen LogP contribution is -2.48. The third-order valence-corrected chi connectivity index (χ3v) is 8.66. The number of hydrogen-bond acceptors (Lipinski definition) is 10. The lowest BCUT2D eigenvalue weighted by atomic mass is 9.94. The number of nitrogens with zero attached hydrogens (tertiary/aromatic N) is 7. The number of halogens is 4. The molecule has 2 aromatic heterocycles. The van der Waals surface area contributed by atoms with Gasteiger partial charge in [0.15, 0.2) is 0 Å². The van der Waals surface area contributed by atoms with Crippen molar-refractivity contribution in [3.8, 4) is 0 Å². The number of alkyl halides is 2. The van der Waals surface area contributed by atoms with E-state index < -0.39 is 47.0 Å². The van der Waals surface area contributed by atoms with Crippen LogP contribution in [-0.4, -0.2) is 86.9 Å². The second-order valence-electron chi connectivity index (χ2n) is 13.7. The third kappa shape index (κ3) is 7.46. The van der Waals surface area contributed by atoms with Crippen molar-refractivity contribution in [1.82, 2.24) is 30.3 Å². The molecule has 2 saturated heterocycles. The first-order valence-corrected chi connectivity index (χ1v) is 16.0. The van der Waals surface area contributed by atoms with Crippen molar-refractivity contribution in [1.29, 1.82) is 0 Å². The Balaban J connectivity index is 1.14. The molecule has 2 aliphatic heterocycles. The van der Waals surface area contributed by atoms with Crippen molar-refractivity contribution in [3.63, 3.8) is 0 Å². The topological polar surface area (TPSA) is 130 Å². The molecule has 0 radical (unpaired) electrons. The fraction of sp³-hybridized carbons (Fsp3) is 0.562. The van der Waals surface area contributed by atoms with Crippen LogP contribution in [-0.2, 0) is 10.7 Å². The van der Waals surface area contributed by atoms with E-state index in [1.54, 1.807) is 30.6 Å². The summed E-state index contributed by atoms with van der Waals surface area (Å²) in [6.45, 7) is 7.16. The number of nitrogens with one attached hydrogen (secondary N) is 1. The van der Waals surface area contributed by atoms with Crippen LogP contribution in [0.3, 0.4) is 0 Å². The number of ether oxygens (including phenoxy) is 1. The van der Waals surface area contributed by atoms with Gasteiger partial charge in [-0.25, -0.2) is 23.5 Å². The minimum absolute atomic E-state index is 0.0334. The Morgan fingerprint density at radius 1 is 0.979 bits per heavy atom. The number of amides is 2. The number of carbonyl (C=O) groups excluding carboxylic acids is 2. The molecule has 48 heavy (non-hydrogen) atoms. The van der Waals surface area contributed by atoms with Crippen molar-refractivity contribution in [2.75, 3.05) is 36.0 Å². The lowest BCUT2D eigenvalue weighted by molar-refractivity contribution is 0.00557. The van der Waals surface area contributed by atoms with E-state index in [0.717, 1.165) is 31.0 Å². The molecule has 16 heteroatoms. The number of rotatable bonds is 8. The highest BCUT2D eigenvalue weighted by molar-refractivity contribution is 5.94. The minimum atomic E-state index is -3.21. The van der Waals surface area contributed by atoms with Crippen molar-refractivity contribution in [3.05, 3.63) is 59.2 Å². The first-order valence-electron chi connectivity index (χ1n) is 16.0. The molecule has 1 aromatic carbocycles. The van der Waals surface area contributed by atoms with Crippen molar-refractivity contribution in [2.45, 2.75) is 88.9 Å². The average molecular weight is 675 g/mol. The predicted octanol–water partition coefficient (Wildman–Crippen LogP) is 5.02. The number of benzene rings is 1. The van der Waals surface area contributed by atoms with Gasteiger partial charge in [-0.05, 0) is 70.2 Å². The van der Waals surface area contributed by atoms with Gasteiger partial charge in [-0.15, -0.1) is 0 Å². The van der Waals surface area contributed by atoms with Gasteiger partial charge in [-0.3, -0.25) is 4.79 Å². The molecule has 0 spiro atoms. The number of aromatic nitrogens is 4. The molecule has 6 rings (SSSR count). The molecule has 2 atom stereocenters. The number of alkyl carbamates (subject to hydrolysis) is 1. The fourth-order valence-electron chi connectivity index (χ4n) is 6.27. The summed E-state index contributed by atoms with van der Waals surface area (Å²) >= 11 is 0. The van der Waals surface area contributed by atoms with E-state index in [1.807, 2.05) is 4.90 Å². The van der Waals surface area contributed by atoms with Gasteiger partial charge in [-0.2, -0.15) is 13.8 Å². The van der Waals surface area contributed by atoms with E-state index in [2.05, 4.69) is 25.4 Å². The highest BCUT2D eigenvalue weighted by atomic mass is 19.3. The summed E-state index contributed by atoms with van der Waals surface area (Å²) < 4.78 is 66.7. The fourth-order valence-corrected chi connectivity index (χ4v) is 6.27. The van der Waals surface area contributed by atoms with Crippen molar-refractivity contribution in [2.24, 2.45) is 0 Å². The number of anilines is 2. The smallest absolute Gasteiger partial charge is 0.407 e. The largest absolute Gasteiger partial charge is 0.444 e. The van der Waals surface area contributed by atoms with Crippen LogP contribution in [0, 0.1) is 11.6 Å². The zero-order valence-corrected chi connectivity index (χ0v) is 27.1. The van der Waals surface area contributed by atoms with Crippen LogP contribution in [0.4, 0.5) is 34.3 Å². The summed E-state index contributed by atoms with van der Waals surface area (Å²) in [6, 6.07) is 2.60. The van der Waals surface area contributed by atoms with Gasteiger partial charge in [0.05, 0.1) is 11.6 Å². The average Bonchev–Trinajstić information content (AvgIpc) is 3.55. The summed E-state index contributed by atoms with van der Waals surface area (Å²) in [5.74, 6) is -5.65. The summed E-state index contributed by atoms with van der Waals surface area (Å²) in [4.78, 5) is 44.6. The van der Waals surface area contributed by atoms with Crippen LogP contribution in [0.1, 0.15) is 81.0 Å². The van der Waals surface area contributed by atoms with E-state index in [4.69, 9.17) is 9.26 Å². The van der Waals surface area contributed by atoms with Gasteiger partial charge >= 0.3 is 18.0 Å². The maximum absolute atomic E-state index is 14.9. The van der Waals surface area contributed by atoms with E-state index in [9.17, 15) is 27.2 Å². The van der Waals surface area contributed by atoms with Gasteiger partial charge < -0.3 is 29.3 Å². The zero-order valence-electron chi connectivity index (χ0n) is 27.1. The molecule has 3 aliphatic rings. The normalized spacial score (nSPS) is 20.6. The maximum atomic E-state index is 14.9. The number of carbonyl (C=O) groups is 2. The second-order valence-corrected chi connectivity index (χ2v) is 13.7. The van der Waals surface area contributed by atoms with Crippen LogP contribution in [0.2, 0.25) is 0 Å². The Morgan fingerprint density at radius 2 is 1.65 bits per heavy atom. The standard InChI is InChI=1S/C32H38F4N8O4/c1-31(2,3)47-30(46)39-25-17-43(16-23(25)22-13-19(33)5-8-24(22)34)28-37-14-18(15-38-28)26(45)44(20-6-7-20)21-9-11-42(12-10-21)29-40-27(41-48-29)32(4,35)36/h5,8,13-15,20-21,23,25H,6-7,9-12,16-17H2,1-4H3,(H,39,46). The number of piperidine rings is 1.